The Morgan fingerprint density at radius 2 is 0.941 bits per heavy atom. The number of para-hydroxylation sites is 3. The summed E-state index contributed by atoms with van der Waals surface area (Å²) in [7, 11) is 0. The minimum absolute atomic E-state index is 1.03. The minimum atomic E-state index is 1.03. The first-order chi connectivity index (χ1) is 33.7. The molecule has 1 aliphatic rings. The minimum Gasteiger partial charge on any atom is -0.310 e. The molecule has 0 N–H and O–H groups in total. The number of hydrogen-bond donors (Lipinski definition) is 0. The predicted octanol–water partition coefficient (Wildman–Crippen LogP) is 18.6. The third-order valence-electron chi connectivity index (χ3n) is 13.7. The Labute approximate surface area is 399 Å². The van der Waals surface area contributed by atoms with Crippen molar-refractivity contribution in [2.45, 2.75) is 47.5 Å². The molecule has 0 atom stereocenters. The summed E-state index contributed by atoms with van der Waals surface area (Å²) in [5.41, 5.74) is 15.8. The number of benzene rings is 10. The SMILES string of the molecule is CC.CC.Cc1ccccc1N(c1ccc(-c2ccc3c(c2)c2ccccc2n3-c2ccc3c4ccccc4c4ccccc4c3c2)cc1)c1ccc2c(c1)c1c(n2-c2ccccc2)C=CCC1. The maximum Gasteiger partial charge on any atom is 0.0541 e. The second kappa shape index (κ2) is 17.9. The van der Waals surface area contributed by atoms with E-state index in [4.69, 9.17) is 0 Å². The molecule has 0 saturated carbocycles. The van der Waals surface area contributed by atoms with E-state index in [1.165, 1.54) is 110 Å². The van der Waals surface area contributed by atoms with Crippen molar-refractivity contribution in [1.82, 2.24) is 9.13 Å². The van der Waals surface area contributed by atoms with Gasteiger partial charge in [-0.2, -0.15) is 0 Å². The van der Waals surface area contributed by atoms with Gasteiger partial charge in [-0.15, -0.1) is 0 Å². The molecule has 0 unspecified atom stereocenters. The second-order valence-electron chi connectivity index (χ2n) is 17.3. The highest BCUT2D eigenvalue weighted by molar-refractivity contribution is 6.25. The molecule has 0 spiro atoms. The van der Waals surface area contributed by atoms with Crippen LogP contribution in [0.2, 0.25) is 0 Å². The van der Waals surface area contributed by atoms with Gasteiger partial charge in [-0.05, 0) is 159 Å². The highest BCUT2D eigenvalue weighted by Crippen LogP contribution is 2.43. The summed E-state index contributed by atoms with van der Waals surface area (Å²) in [5, 5.41) is 11.5. The van der Waals surface area contributed by atoms with Crippen molar-refractivity contribution in [3.8, 4) is 22.5 Å². The molecule has 10 aromatic carbocycles. The zero-order valence-electron chi connectivity index (χ0n) is 39.5. The van der Waals surface area contributed by atoms with Crippen LogP contribution in [0.1, 0.15) is 50.9 Å². The molecule has 3 nitrogen and oxygen atoms in total. The van der Waals surface area contributed by atoms with Gasteiger partial charge in [-0.25, -0.2) is 0 Å². The van der Waals surface area contributed by atoms with Crippen LogP contribution in [-0.4, -0.2) is 9.13 Å². The van der Waals surface area contributed by atoms with Crippen molar-refractivity contribution >= 4 is 88.2 Å². The summed E-state index contributed by atoms with van der Waals surface area (Å²) < 4.78 is 4.87. The summed E-state index contributed by atoms with van der Waals surface area (Å²) in [6.45, 7) is 10.2. The van der Waals surface area contributed by atoms with E-state index in [2.05, 4.69) is 239 Å². The molecule has 0 radical (unpaired) electrons. The number of fused-ring (bicyclic) bond motifs is 12. The van der Waals surface area contributed by atoms with Crippen LogP contribution in [0.3, 0.4) is 0 Å². The van der Waals surface area contributed by atoms with Crippen molar-refractivity contribution in [3.05, 3.63) is 229 Å². The molecular formula is C65H55N3. The summed E-state index contributed by atoms with van der Waals surface area (Å²) in [6.07, 6.45) is 6.71. The van der Waals surface area contributed by atoms with E-state index >= 15 is 0 Å². The number of aryl methyl sites for hydroxylation is 2. The topological polar surface area (TPSA) is 13.1 Å². The fraction of sp³-hybridized carbons (Fsp3) is 0.108. The van der Waals surface area contributed by atoms with Crippen LogP contribution in [0.4, 0.5) is 17.1 Å². The largest absolute Gasteiger partial charge is 0.310 e. The molecular weight excluding hydrogens is 823 g/mol. The standard InChI is InChI=1S/C61H43N3.2C2H6/c1-40-15-5-12-24-57(40)62(45-33-36-61-56(39-45)53-23-11-13-25-58(53)63(61)43-16-3-2-4-17-43)44-30-27-41(28-31-44)42-29-35-60-55(37-42)52-22-10-14-26-59(52)64(60)46-32-34-51-49-20-7-6-18-47(49)48-19-8-9-21-50(48)54(51)38-46;2*1-2/h2-10,12-22,24-39H,11,23H2,1H3;2*1-2H3. The fourth-order valence-electron chi connectivity index (χ4n) is 10.7. The number of rotatable bonds is 6. The first kappa shape index (κ1) is 42.5. The van der Waals surface area contributed by atoms with Crippen molar-refractivity contribution in [2.75, 3.05) is 4.90 Å². The smallest absolute Gasteiger partial charge is 0.0541 e. The normalized spacial score (nSPS) is 12.0. The Morgan fingerprint density at radius 3 is 1.66 bits per heavy atom. The lowest BCUT2D eigenvalue weighted by Gasteiger charge is -2.27. The van der Waals surface area contributed by atoms with E-state index in [0.29, 0.717) is 0 Å². The maximum absolute atomic E-state index is 2.44. The van der Waals surface area contributed by atoms with Crippen LogP contribution in [0.5, 0.6) is 0 Å². The molecule has 0 saturated heterocycles. The first-order valence-electron chi connectivity index (χ1n) is 24.4. The van der Waals surface area contributed by atoms with Crippen LogP contribution in [0.15, 0.2) is 212 Å². The van der Waals surface area contributed by atoms with E-state index in [1.54, 1.807) is 0 Å². The molecule has 68 heavy (non-hydrogen) atoms. The quantitative estimate of drug-likeness (QED) is 0.152. The Morgan fingerprint density at radius 1 is 0.382 bits per heavy atom. The van der Waals surface area contributed by atoms with Gasteiger partial charge >= 0.3 is 0 Å². The average molecular weight is 878 g/mol. The van der Waals surface area contributed by atoms with Crippen LogP contribution >= 0.6 is 0 Å². The highest BCUT2D eigenvalue weighted by atomic mass is 15.1. The predicted molar refractivity (Wildman–Crippen MR) is 295 cm³/mol. The number of hydrogen-bond acceptors (Lipinski definition) is 1. The van der Waals surface area contributed by atoms with Gasteiger partial charge in [0.05, 0.1) is 16.6 Å². The molecule has 3 heteroatoms. The molecule has 0 fully saturated rings. The van der Waals surface area contributed by atoms with Crippen LogP contribution < -0.4 is 4.90 Å². The summed E-state index contributed by atoms with van der Waals surface area (Å²) in [5.74, 6) is 0. The van der Waals surface area contributed by atoms with Gasteiger partial charge in [0.15, 0.2) is 0 Å². The first-order valence-corrected chi connectivity index (χ1v) is 24.4. The lowest BCUT2D eigenvalue weighted by molar-refractivity contribution is 0.967. The molecule has 0 amide bonds. The van der Waals surface area contributed by atoms with Crippen LogP contribution in [0.25, 0.3) is 93.6 Å². The van der Waals surface area contributed by atoms with E-state index in [1.807, 2.05) is 27.7 Å². The zero-order valence-corrected chi connectivity index (χ0v) is 39.5. The number of nitrogens with zero attached hydrogens (tertiary/aromatic N) is 3. The number of aromatic nitrogens is 2. The Bertz CT molecular complexity index is 3810. The Balaban J connectivity index is 0.00000124. The zero-order chi connectivity index (χ0) is 46.3. The Hall–Kier alpha value is -8.14. The van der Waals surface area contributed by atoms with Gasteiger partial charge in [0, 0.05) is 50.3 Å². The van der Waals surface area contributed by atoms with E-state index in [9.17, 15) is 0 Å². The summed E-state index contributed by atoms with van der Waals surface area (Å²) >= 11 is 0. The monoisotopic (exact) mass is 877 g/mol. The highest BCUT2D eigenvalue weighted by Gasteiger charge is 2.22. The molecule has 0 bridgehead atoms. The molecule has 13 rings (SSSR count). The lowest BCUT2D eigenvalue weighted by atomic mass is 9.94. The fourth-order valence-corrected chi connectivity index (χ4v) is 10.7. The lowest BCUT2D eigenvalue weighted by Crippen LogP contribution is -2.11. The van der Waals surface area contributed by atoms with Gasteiger partial charge in [0.2, 0.25) is 0 Å². The maximum atomic E-state index is 2.44. The third kappa shape index (κ3) is 6.97. The third-order valence-corrected chi connectivity index (χ3v) is 13.7. The molecule has 2 aromatic heterocycles. The molecule has 330 valence electrons. The number of anilines is 3. The van der Waals surface area contributed by atoms with Crippen LogP contribution in [0, 0.1) is 6.92 Å². The van der Waals surface area contributed by atoms with Gasteiger partial charge in [0.25, 0.3) is 0 Å². The molecule has 0 aliphatic heterocycles. The van der Waals surface area contributed by atoms with Crippen molar-refractivity contribution in [3.63, 3.8) is 0 Å². The number of allylic oxidation sites excluding steroid dienone is 1. The second-order valence-corrected chi connectivity index (χ2v) is 17.3. The van der Waals surface area contributed by atoms with Crippen LogP contribution in [-0.2, 0) is 6.42 Å². The summed E-state index contributed by atoms with van der Waals surface area (Å²) in [6, 6.07) is 76.1. The van der Waals surface area contributed by atoms with Gasteiger partial charge in [-0.3, -0.25) is 0 Å². The summed E-state index contributed by atoms with van der Waals surface area (Å²) in [4.78, 5) is 2.43. The molecule has 1 aliphatic carbocycles. The van der Waals surface area contributed by atoms with Gasteiger partial charge < -0.3 is 14.0 Å². The van der Waals surface area contributed by atoms with Crippen molar-refractivity contribution < 1.29 is 0 Å². The van der Waals surface area contributed by atoms with E-state index in [0.717, 1.165) is 24.2 Å². The van der Waals surface area contributed by atoms with Crippen molar-refractivity contribution in [2.24, 2.45) is 0 Å². The van der Waals surface area contributed by atoms with E-state index in [-0.39, 0.29) is 0 Å². The Kier molecular flexibility index (Phi) is 11.2. The molecule has 2 heterocycles. The van der Waals surface area contributed by atoms with Gasteiger partial charge in [0.1, 0.15) is 0 Å². The molecule has 12 aromatic rings. The average Bonchev–Trinajstić information content (AvgIpc) is 3.93. The van der Waals surface area contributed by atoms with Crippen molar-refractivity contribution in [1.29, 1.82) is 0 Å². The van der Waals surface area contributed by atoms with Gasteiger partial charge in [-0.1, -0.05) is 161 Å². The van der Waals surface area contributed by atoms with E-state index < -0.39 is 0 Å².